The third kappa shape index (κ3) is 3.81. The normalized spacial score (nSPS) is 9.62. The SMILES string of the molecule is O=C(Nc1cccc(C#CCO)c1)c1ccc(O)cc1F. The van der Waals surface area contributed by atoms with Gasteiger partial charge in [-0.2, -0.15) is 0 Å². The Hall–Kier alpha value is -2.84. The van der Waals surface area contributed by atoms with Gasteiger partial charge in [0.05, 0.1) is 5.56 Å². The first-order chi connectivity index (χ1) is 10.1. The average Bonchev–Trinajstić information content (AvgIpc) is 2.45. The number of anilines is 1. The molecule has 1 amide bonds. The zero-order chi connectivity index (χ0) is 15.2. The number of carbonyl (C=O) groups excluding carboxylic acids is 1. The second-order valence-corrected chi connectivity index (χ2v) is 4.16. The van der Waals surface area contributed by atoms with Crippen molar-refractivity contribution in [3.05, 3.63) is 59.4 Å². The van der Waals surface area contributed by atoms with Crippen LogP contribution in [-0.4, -0.2) is 22.7 Å². The van der Waals surface area contributed by atoms with E-state index in [0.29, 0.717) is 11.3 Å². The van der Waals surface area contributed by atoms with Crippen molar-refractivity contribution >= 4 is 11.6 Å². The quantitative estimate of drug-likeness (QED) is 0.740. The average molecular weight is 285 g/mol. The van der Waals surface area contributed by atoms with Crippen molar-refractivity contribution in [1.29, 1.82) is 0 Å². The topological polar surface area (TPSA) is 69.6 Å². The van der Waals surface area contributed by atoms with E-state index >= 15 is 0 Å². The lowest BCUT2D eigenvalue weighted by molar-refractivity contribution is 0.102. The number of aliphatic hydroxyl groups is 1. The predicted molar refractivity (Wildman–Crippen MR) is 76.4 cm³/mol. The second kappa shape index (κ2) is 6.55. The van der Waals surface area contributed by atoms with E-state index in [1.165, 1.54) is 12.1 Å². The molecule has 5 heteroatoms. The number of amides is 1. The van der Waals surface area contributed by atoms with E-state index in [2.05, 4.69) is 17.2 Å². The minimum absolute atomic E-state index is 0.167. The van der Waals surface area contributed by atoms with E-state index < -0.39 is 11.7 Å². The molecule has 0 aromatic heterocycles. The molecule has 0 aliphatic carbocycles. The van der Waals surface area contributed by atoms with Crippen LogP contribution in [0.5, 0.6) is 5.75 Å². The van der Waals surface area contributed by atoms with Gasteiger partial charge in [-0.25, -0.2) is 4.39 Å². The lowest BCUT2D eigenvalue weighted by atomic mass is 10.1. The Bertz CT molecular complexity index is 732. The van der Waals surface area contributed by atoms with Gasteiger partial charge in [-0.3, -0.25) is 4.79 Å². The molecule has 3 N–H and O–H groups in total. The van der Waals surface area contributed by atoms with Crippen molar-refractivity contribution in [3.63, 3.8) is 0 Å². The van der Waals surface area contributed by atoms with Gasteiger partial charge in [-0.15, -0.1) is 0 Å². The van der Waals surface area contributed by atoms with Crippen LogP contribution in [0.2, 0.25) is 0 Å². The molecule has 0 unspecified atom stereocenters. The summed E-state index contributed by atoms with van der Waals surface area (Å²) in [6.45, 7) is -0.255. The molecule has 0 bridgehead atoms. The molecule has 0 spiro atoms. The van der Waals surface area contributed by atoms with E-state index in [1.807, 2.05) is 0 Å². The Labute approximate surface area is 120 Å². The maximum absolute atomic E-state index is 13.6. The molecule has 0 aliphatic heterocycles. The fraction of sp³-hybridized carbons (Fsp3) is 0.0625. The first-order valence-electron chi connectivity index (χ1n) is 6.10. The highest BCUT2D eigenvalue weighted by Gasteiger charge is 2.12. The molecule has 2 aromatic carbocycles. The van der Waals surface area contributed by atoms with Gasteiger partial charge < -0.3 is 15.5 Å². The summed E-state index contributed by atoms with van der Waals surface area (Å²) in [5, 5.41) is 20.3. The van der Waals surface area contributed by atoms with Crippen LogP contribution in [0.25, 0.3) is 0 Å². The highest BCUT2D eigenvalue weighted by molar-refractivity contribution is 6.04. The Balaban J connectivity index is 2.19. The summed E-state index contributed by atoms with van der Waals surface area (Å²) >= 11 is 0. The van der Waals surface area contributed by atoms with Crippen molar-refractivity contribution in [2.75, 3.05) is 11.9 Å². The molecule has 2 rings (SSSR count). The molecule has 0 saturated heterocycles. The van der Waals surface area contributed by atoms with Crippen LogP contribution in [0.3, 0.4) is 0 Å². The smallest absolute Gasteiger partial charge is 0.258 e. The molecular formula is C16H12FNO3. The molecule has 4 nitrogen and oxygen atoms in total. The lowest BCUT2D eigenvalue weighted by Crippen LogP contribution is -2.13. The van der Waals surface area contributed by atoms with E-state index in [0.717, 1.165) is 6.07 Å². The molecule has 106 valence electrons. The Morgan fingerprint density at radius 1 is 1.24 bits per heavy atom. The van der Waals surface area contributed by atoms with Crippen molar-refractivity contribution in [2.45, 2.75) is 0 Å². The standard InChI is InChI=1S/C16H12FNO3/c17-15-10-13(20)6-7-14(15)16(21)18-12-5-1-3-11(9-12)4-2-8-19/h1,3,5-7,9-10,19-20H,8H2,(H,18,21). The Morgan fingerprint density at radius 3 is 2.76 bits per heavy atom. The molecule has 0 radical (unpaired) electrons. The number of hydrogen-bond acceptors (Lipinski definition) is 3. The molecule has 2 aromatic rings. The number of rotatable bonds is 2. The summed E-state index contributed by atoms with van der Waals surface area (Å²) < 4.78 is 13.6. The second-order valence-electron chi connectivity index (χ2n) is 4.16. The van der Waals surface area contributed by atoms with E-state index in [4.69, 9.17) is 10.2 Å². The maximum Gasteiger partial charge on any atom is 0.258 e. The van der Waals surface area contributed by atoms with Crippen LogP contribution < -0.4 is 5.32 Å². The van der Waals surface area contributed by atoms with Gasteiger partial charge in [-0.05, 0) is 30.3 Å². The number of aromatic hydroxyl groups is 1. The molecule has 0 heterocycles. The van der Waals surface area contributed by atoms with Crippen molar-refractivity contribution in [1.82, 2.24) is 0 Å². The van der Waals surface area contributed by atoms with Crippen LogP contribution in [0.1, 0.15) is 15.9 Å². The fourth-order valence-corrected chi connectivity index (χ4v) is 1.70. The molecule has 21 heavy (non-hydrogen) atoms. The number of nitrogens with one attached hydrogen (secondary N) is 1. The van der Waals surface area contributed by atoms with Crippen LogP contribution >= 0.6 is 0 Å². The summed E-state index contributed by atoms with van der Waals surface area (Å²) in [5.41, 5.74) is 0.907. The number of hydrogen-bond donors (Lipinski definition) is 3. The van der Waals surface area contributed by atoms with Crippen molar-refractivity contribution < 1.29 is 19.4 Å². The summed E-state index contributed by atoms with van der Waals surface area (Å²) in [5.74, 6) is 3.53. The summed E-state index contributed by atoms with van der Waals surface area (Å²) in [6.07, 6.45) is 0. The summed E-state index contributed by atoms with van der Waals surface area (Å²) in [7, 11) is 0. The predicted octanol–water partition coefficient (Wildman–Crippen LogP) is 2.13. The molecular weight excluding hydrogens is 273 g/mol. The fourth-order valence-electron chi connectivity index (χ4n) is 1.70. The van der Waals surface area contributed by atoms with E-state index in [9.17, 15) is 9.18 Å². The zero-order valence-corrected chi connectivity index (χ0v) is 10.9. The van der Waals surface area contributed by atoms with Gasteiger partial charge in [-0.1, -0.05) is 17.9 Å². The largest absolute Gasteiger partial charge is 0.508 e. The van der Waals surface area contributed by atoms with E-state index in [1.54, 1.807) is 24.3 Å². The van der Waals surface area contributed by atoms with Gasteiger partial charge in [0.1, 0.15) is 18.2 Å². The van der Waals surface area contributed by atoms with Crippen molar-refractivity contribution in [3.8, 4) is 17.6 Å². The maximum atomic E-state index is 13.6. The lowest BCUT2D eigenvalue weighted by Gasteiger charge is -2.06. The number of phenols is 1. The van der Waals surface area contributed by atoms with Crippen LogP contribution in [0.15, 0.2) is 42.5 Å². The van der Waals surface area contributed by atoms with Crippen molar-refractivity contribution in [2.24, 2.45) is 0 Å². The number of benzene rings is 2. The monoisotopic (exact) mass is 285 g/mol. The minimum atomic E-state index is -0.802. The van der Waals surface area contributed by atoms with Gasteiger partial charge >= 0.3 is 0 Å². The molecule has 0 saturated carbocycles. The molecule has 0 fully saturated rings. The van der Waals surface area contributed by atoms with Gasteiger partial charge in [0.25, 0.3) is 5.91 Å². The van der Waals surface area contributed by atoms with Gasteiger partial charge in [0.2, 0.25) is 0 Å². The van der Waals surface area contributed by atoms with Gasteiger partial charge in [0.15, 0.2) is 0 Å². The van der Waals surface area contributed by atoms with Crippen LogP contribution in [-0.2, 0) is 0 Å². The third-order valence-electron chi connectivity index (χ3n) is 2.63. The Morgan fingerprint density at radius 2 is 2.05 bits per heavy atom. The van der Waals surface area contributed by atoms with Crippen LogP contribution in [0, 0.1) is 17.7 Å². The molecule has 0 atom stereocenters. The number of carbonyl (C=O) groups is 1. The first-order valence-corrected chi connectivity index (χ1v) is 6.10. The van der Waals surface area contributed by atoms with Crippen LogP contribution in [0.4, 0.5) is 10.1 Å². The highest BCUT2D eigenvalue weighted by Crippen LogP contribution is 2.17. The number of halogens is 1. The van der Waals surface area contributed by atoms with E-state index in [-0.39, 0.29) is 17.9 Å². The summed E-state index contributed by atoms with van der Waals surface area (Å²) in [6, 6.07) is 9.97. The zero-order valence-electron chi connectivity index (χ0n) is 10.9. The third-order valence-corrected chi connectivity index (χ3v) is 2.63. The number of phenolic OH excluding ortho intramolecular Hbond substituents is 1. The Kier molecular flexibility index (Phi) is 4.54. The number of aliphatic hydroxyl groups excluding tert-OH is 1. The highest BCUT2D eigenvalue weighted by atomic mass is 19.1. The molecule has 0 aliphatic rings. The first kappa shape index (κ1) is 14.6. The van der Waals surface area contributed by atoms with Gasteiger partial charge in [0, 0.05) is 17.3 Å². The minimum Gasteiger partial charge on any atom is -0.508 e. The summed E-state index contributed by atoms with van der Waals surface area (Å²) in [4.78, 5) is 12.0.